The maximum atomic E-state index is 13.1. The maximum Gasteiger partial charge on any atom is 0.243 e. The lowest BCUT2D eigenvalue weighted by atomic mass is 9.75. The third-order valence-corrected chi connectivity index (χ3v) is 7.48. The lowest BCUT2D eigenvalue weighted by molar-refractivity contribution is -0.139. The van der Waals surface area contributed by atoms with Crippen molar-refractivity contribution in [2.45, 2.75) is 37.1 Å². The lowest BCUT2D eigenvalue weighted by Crippen LogP contribution is -2.58. The molecule has 142 valence electrons. The van der Waals surface area contributed by atoms with E-state index in [0.717, 1.165) is 11.1 Å². The van der Waals surface area contributed by atoms with Crippen LogP contribution < -0.4 is 0 Å². The largest absolute Gasteiger partial charge is 0.332 e. The summed E-state index contributed by atoms with van der Waals surface area (Å²) in [6.45, 7) is 6.96. The molecule has 0 saturated carbocycles. The zero-order valence-corrected chi connectivity index (χ0v) is 16.7. The first-order valence-electron chi connectivity index (χ1n) is 9.16. The first-order valence-corrected chi connectivity index (χ1v) is 10.6. The van der Waals surface area contributed by atoms with Gasteiger partial charge in [0.2, 0.25) is 15.9 Å². The van der Waals surface area contributed by atoms with Gasteiger partial charge in [-0.05, 0) is 30.2 Å². The van der Waals surface area contributed by atoms with Crippen LogP contribution in [0, 0.1) is 6.92 Å². The third-order valence-electron chi connectivity index (χ3n) is 5.66. The van der Waals surface area contributed by atoms with Crippen LogP contribution in [0.2, 0.25) is 0 Å². The zero-order valence-electron chi connectivity index (χ0n) is 15.8. The van der Waals surface area contributed by atoms with Gasteiger partial charge in [0, 0.05) is 18.5 Å². The molecule has 27 heavy (non-hydrogen) atoms. The number of benzene rings is 2. The minimum Gasteiger partial charge on any atom is -0.332 e. The highest BCUT2D eigenvalue weighted by atomic mass is 32.2. The molecule has 0 N–H and O–H groups in total. The number of fused-ring (bicyclic) bond motifs is 3. The molecule has 0 aromatic heterocycles. The molecule has 2 aliphatic rings. The van der Waals surface area contributed by atoms with Crippen LogP contribution in [-0.2, 0) is 20.2 Å². The summed E-state index contributed by atoms with van der Waals surface area (Å²) in [6, 6.07) is 14.6. The number of hydrogen-bond acceptors (Lipinski definition) is 3. The number of rotatable bonds is 2. The van der Waals surface area contributed by atoms with Crippen LogP contribution in [0.5, 0.6) is 0 Å². The van der Waals surface area contributed by atoms with Gasteiger partial charge in [0.05, 0.1) is 17.5 Å². The summed E-state index contributed by atoms with van der Waals surface area (Å²) in [4.78, 5) is 15.0. The van der Waals surface area contributed by atoms with Crippen LogP contribution in [-0.4, -0.2) is 43.2 Å². The molecule has 2 aliphatic heterocycles. The van der Waals surface area contributed by atoms with Gasteiger partial charge in [-0.2, -0.15) is 4.31 Å². The van der Waals surface area contributed by atoms with Gasteiger partial charge in [-0.15, -0.1) is 0 Å². The number of hydrogen-bond donors (Lipinski definition) is 0. The summed E-state index contributed by atoms with van der Waals surface area (Å²) < 4.78 is 27.6. The molecule has 0 spiro atoms. The molecule has 1 unspecified atom stereocenters. The van der Waals surface area contributed by atoms with E-state index >= 15 is 0 Å². The van der Waals surface area contributed by atoms with Gasteiger partial charge in [-0.3, -0.25) is 4.79 Å². The molecule has 4 rings (SSSR count). The van der Waals surface area contributed by atoms with Crippen molar-refractivity contribution in [2.24, 2.45) is 0 Å². The quantitative estimate of drug-likeness (QED) is 0.800. The fourth-order valence-electron chi connectivity index (χ4n) is 4.19. The average molecular weight is 385 g/mol. The smallest absolute Gasteiger partial charge is 0.243 e. The maximum absolute atomic E-state index is 13.1. The predicted octanol–water partition coefficient (Wildman–Crippen LogP) is 2.86. The Morgan fingerprint density at radius 1 is 1.04 bits per heavy atom. The lowest BCUT2D eigenvalue weighted by Gasteiger charge is -2.49. The molecule has 1 atom stereocenters. The number of sulfonamides is 1. The minimum absolute atomic E-state index is 0.106. The van der Waals surface area contributed by atoms with Crippen LogP contribution in [0.4, 0.5) is 0 Å². The van der Waals surface area contributed by atoms with E-state index in [-0.39, 0.29) is 35.3 Å². The molecule has 2 aromatic rings. The van der Waals surface area contributed by atoms with Crippen molar-refractivity contribution < 1.29 is 13.2 Å². The van der Waals surface area contributed by atoms with Crippen LogP contribution in [0.1, 0.15) is 36.6 Å². The summed E-state index contributed by atoms with van der Waals surface area (Å²) >= 11 is 0. The van der Waals surface area contributed by atoms with E-state index < -0.39 is 10.0 Å². The highest BCUT2D eigenvalue weighted by Gasteiger charge is 2.45. The van der Waals surface area contributed by atoms with Crippen LogP contribution in [0.3, 0.4) is 0 Å². The van der Waals surface area contributed by atoms with E-state index in [4.69, 9.17) is 0 Å². The van der Waals surface area contributed by atoms with Crippen molar-refractivity contribution in [3.63, 3.8) is 0 Å². The fraction of sp³-hybridized carbons (Fsp3) is 0.381. The van der Waals surface area contributed by atoms with E-state index in [1.807, 2.05) is 30.0 Å². The molecule has 0 bridgehead atoms. The topological polar surface area (TPSA) is 57.7 Å². The van der Waals surface area contributed by atoms with Gasteiger partial charge in [-0.1, -0.05) is 55.8 Å². The number of nitrogens with zero attached hydrogens (tertiary/aromatic N) is 2. The first kappa shape index (κ1) is 18.2. The Bertz CT molecular complexity index is 996. The standard InChI is InChI=1S/C21H24N2O3S/c1-15-8-10-16(11-9-15)27(25,26)22-12-19-17-6-4-5-7-18(17)21(2,3)14-23(19)20(24)13-22/h4-11,19H,12-14H2,1-3H3. The molecule has 2 aromatic carbocycles. The summed E-state index contributed by atoms with van der Waals surface area (Å²) in [5, 5.41) is 0. The van der Waals surface area contributed by atoms with Crippen molar-refractivity contribution in [3.05, 3.63) is 65.2 Å². The average Bonchev–Trinajstić information content (AvgIpc) is 2.63. The van der Waals surface area contributed by atoms with Crippen LogP contribution in [0.15, 0.2) is 53.4 Å². The Labute approximate surface area is 160 Å². The van der Waals surface area contributed by atoms with Crippen molar-refractivity contribution >= 4 is 15.9 Å². The Balaban J connectivity index is 1.73. The molecule has 1 amide bonds. The number of carbonyl (C=O) groups is 1. The Kier molecular flexibility index (Phi) is 4.16. The molecule has 0 aliphatic carbocycles. The summed E-state index contributed by atoms with van der Waals surface area (Å²) in [5.74, 6) is -0.135. The van der Waals surface area contributed by atoms with Crippen molar-refractivity contribution in [3.8, 4) is 0 Å². The predicted molar refractivity (Wildman–Crippen MR) is 104 cm³/mol. The molecule has 6 heteroatoms. The molecule has 0 radical (unpaired) electrons. The van der Waals surface area contributed by atoms with E-state index in [1.165, 1.54) is 9.87 Å². The fourth-order valence-corrected chi connectivity index (χ4v) is 5.59. The Hall–Kier alpha value is -2.18. The SMILES string of the molecule is Cc1ccc(S(=O)(=O)N2CC(=O)N3CC(C)(C)c4ccccc4C3C2)cc1. The molecule has 1 saturated heterocycles. The van der Waals surface area contributed by atoms with Crippen LogP contribution in [0.25, 0.3) is 0 Å². The first-order chi connectivity index (χ1) is 12.7. The van der Waals surface area contributed by atoms with Gasteiger partial charge in [0.15, 0.2) is 0 Å². The zero-order chi connectivity index (χ0) is 19.4. The van der Waals surface area contributed by atoms with E-state index in [0.29, 0.717) is 6.54 Å². The normalized spacial score (nSPS) is 22.3. The van der Waals surface area contributed by atoms with E-state index in [2.05, 4.69) is 19.9 Å². The molecule has 5 nitrogen and oxygen atoms in total. The van der Waals surface area contributed by atoms with Crippen molar-refractivity contribution in [1.29, 1.82) is 0 Å². The second-order valence-electron chi connectivity index (χ2n) is 8.12. The van der Waals surface area contributed by atoms with Crippen molar-refractivity contribution in [1.82, 2.24) is 9.21 Å². The number of aryl methyl sites for hydroxylation is 1. The van der Waals surface area contributed by atoms with Gasteiger partial charge >= 0.3 is 0 Å². The summed E-state index contributed by atoms with van der Waals surface area (Å²) in [5.41, 5.74) is 3.08. The van der Waals surface area contributed by atoms with E-state index in [9.17, 15) is 13.2 Å². The van der Waals surface area contributed by atoms with Gasteiger partial charge in [0.1, 0.15) is 0 Å². The Morgan fingerprint density at radius 2 is 1.70 bits per heavy atom. The number of carbonyl (C=O) groups excluding carboxylic acids is 1. The molecular weight excluding hydrogens is 360 g/mol. The van der Waals surface area contributed by atoms with Gasteiger partial charge < -0.3 is 4.90 Å². The van der Waals surface area contributed by atoms with Crippen LogP contribution >= 0.6 is 0 Å². The third kappa shape index (κ3) is 2.97. The Morgan fingerprint density at radius 3 is 2.41 bits per heavy atom. The van der Waals surface area contributed by atoms with Gasteiger partial charge in [-0.25, -0.2) is 8.42 Å². The highest BCUT2D eigenvalue weighted by Crippen LogP contribution is 2.42. The number of piperazine rings is 1. The summed E-state index contributed by atoms with van der Waals surface area (Å²) in [6.07, 6.45) is 0. The van der Waals surface area contributed by atoms with E-state index in [1.54, 1.807) is 24.3 Å². The monoisotopic (exact) mass is 384 g/mol. The second-order valence-corrected chi connectivity index (χ2v) is 10.1. The highest BCUT2D eigenvalue weighted by molar-refractivity contribution is 7.89. The van der Waals surface area contributed by atoms with Gasteiger partial charge in [0.25, 0.3) is 0 Å². The second kappa shape index (κ2) is 6.17. The summed E-state index contributed by atoms with van der Waals surface area (Å²) in [7, 11) is -3.71. The number of amides is 1. The van der Waals surface area contributed by atoms with Crippen molar-refractivity contribution in [2.75, 3.05) is 19.6 Å². The molecular formula is C21H24N2O3S. The molecule has 2 heterocycles. The molecule has 1 fully saturated rings. The minimum atomic E-state index is -3.71.